The third-order valence-electron chi connectivity index (χ3n) is 14.1. The third kappa shape index (κ3) is 8.06. The maximum Gasteiger partial charge on any atom is 1.00 e. The summed E-state index contributed by atoms with van der Waals surface area (Å²) in [5.74, 6) is -0.836. The van der Waals surface area contributed by atoms with Crippen LogP contribution in [-0.2, 0) is 49.7 Å². The van der Waals surface area contributed by atoms with Crippen LogP contribution in [0.4, 0.5) is 0 Å². The van der Waals surface area contributed by atoms with E-state index in [2.05, 4.69) is 0 Å². The van der Waals surface area contributed by atoms with Crippen LogP contribution >= 0.6 is 38.8 Å². The number of hydrogen-bond acceptors (Lipinski definition) is 12. The van der Waals surface area contributed by atoms with Crippen molar-refractivity contribution >= 4 is 38.8 Å². The molecule has 8 bridgehead atoms. The molecule has 2 aliphatic heterocycles. The molecule has 2 saturated heterocycles. The first-order valence-electron chi connectivity index (χ1n) is 18.7. The van der Waals surface area contributed by atoms with Crippen LogP contribution in [0.2, 0.25) is 10.0 Å². The Hall–Kier alpha value is 2.68. The largest absolute Gasteiger partial charge is 1.00 e. The van der Waals surface area contributed by atoms with E-state index in [1.165, 1.54) is 37.1 Å². The van der Waals surface area contributed by atoms with Crippen LogP contribution in [0.5, 0.6) is 11.5 Å². The summed E-state index contributed by atoms with van der Waals surface area (Å²) in [6.45, 7) is -0.108. The van der Waals surface area contributed by atoms with E-state index in [1.54, 1.807) is 12.1 Å². The van der Waals surface area contributed by atoms with Gasteiger partial charge in [-0.1, -0.05) is 35.3 Å². The van der Waals surface area contributed by atoms with Gasteiger partial charge in [-0.3, -0.25) is 9.79 Å². The van der Waals surface area contributed by atoms with Crippen molar-refractivity contribution in [1.82, 2.24) is 0 Å². The predicted molar refractivity (Wildman–Crippen MR) is 183 cm³/mol. The van der Waals surface area contributed by atoms with Crippen LogP contribution < -0.4 is 137 Å². The molecule has 8 saturated carbocycles. The zero-order valence-electron chi connectivity index (χ0n) is 33.0. The second kappa shape index (κ2) is 18.1. The van der Waals surface area contributed by atoms with E-state index in [9.17, 15) is 28.7 Å². The van der Waals surface area contributed by atoms with Crippen molar-refractivity contribution in [2.75, 3.05) is 13.2 Å². The molecule has 294 valence electrons. The quantitative estimate of drug-likeness (QED) is 0.0937. The Morgan fingerprint density at radius 2 is 0.931 bits per heavy atom. The predicted octanol–water partition coefficient (Wildman–Crippen LogP) is -5.96. The molecule has 10 fully saturated rings. The summed E-state index contributed by atoms with van der Waals surface area (Å²) in [6, 6.07) is 9.09. The van der Waals surface area contributed by atoms with Gasteiger partial charge >= 0.3 is 126 Å². The molecular weight excluding hydrogens is 881 g/mol. The van der Waals surface area contributed by atoms with Gasteiger partial charge in [0.05, 0.1) is 23.3 Å². The molecule has 0 amide bonds. The molecule has 22 heteroatoms. The molecule has 0 radical (unpaired) electrons. The van der Waals surface area contributed by atoms with E-state index in [0.717, 1.165) is 51.4 Å². The van der Waals surface area contributed by atoms with Gasteiger partial charge in [-0.25, -0.2) is 14.3 Å². The number of ether oxygens (including phenoxy) is 2. The molecule has 2 atom stereocenters. The zero-order valence-corrected chi connectivity index (χ0v) is 44.3. The first kappa shape index (κ1) is 50.1. The second-order valence-corrected chi connectivity index (χ2v) is 19.9. The van der Waals surface area contributed by atoms with Crippen LogP contribution in [0.25, 0.3) is 0 Å². The Labute approximate surface area is 435 Å². The fraction of sp³-hybridized carbons (Fsp3) is 0.667. The summed E-state index contributed by atoms with van der Waals surface area (Å²) in [6.07, 6.45) is 9.89. The number of rotatable bonds is 11. The normalized spacial score (nSPS) is 39.8. The monoisotopic (exact) mass is 920 g/mol. The zero-order chi connectivity index (χ0) is 37.5. The number of benzene rings is 2. The minimum atomic E-state index is -5.46. The summed E-state index contributed by atoms with van der Waals surface area (Å²) >= 11 is 12.7. The molecule has 8 aliphatic carbocycles. The van der Waals surface area contributed by atoms with E-state index < -0.39 is 38.4 Å². The molecule has 58 heavy (non-hydrogen) atoms. The van der Waals surface area contributed by atoms with E-state index >= 15 is 0 Å². The molecule has 2 aromatic carbocycles. The molecular formula is C36H40Cl2Na4O14P2+2. The first-order valence-corrected chi connectivity index (χ1v) is 22.5. The van der Waals surface area contributed by atoms with E-state index in [-0.39, 0.29) is 177 Å². The van der Waals surface area contributed by atoms with E-state index in [0.29, 0.717) is 34.8 Å². The van der Waals surface area contributed by atoms with Crippen molar-refractivity contribution < 1.29 is 185 Å². The van der Waals surface area contributed by atoms with Crippen molar-refractivity contribution in [3.05, 3.63) is 57.6 Å². The number of phosphoric ester groups is 2. The van der Waals surface area contributed by atoms with Crippen LogP contribution in [0.3, 0.4) is 0 Å². The van der Waals surface area contributed by atoms with Gasteiger partial charge < -0.3 is 32.9 Å². The minimum absolute atomic E-state index is 0. The molecule has 2 aromatic rings. The Kier molecular flexibility index (Phi) is 15.6. The summed E-state index contributed by atoms with van der Waals surface area (Å²) in [7, 11) is -10.4. The summed E-state index contributed by atoms with van der Waals surface area (Å²) in [4.78, 5) is 67.3. The standard InChI is InChI=1S/C36H42Cl2O14P2.4Na/c37-29-3-1-23(17-31(29)47-53(39,40)41)35(33(49-51-35)25-9-19-7-20(11-25)12-26(33)10-19)45-5-6-46-36(24-2-4-30(38)32(18-24)48-54(42,43)44)34(50-52-36)27-13-21-8-22(15-27)16-28(34)14-21;;;;/h1-4,17-22,25-28H,5-16H2,(H2,39,40,41)(H2,42,43,44);;;;/q;4*+1/p-2. The fourth-order valence-corrected chi connectivity index (χ4v) is 13.9. The maximum absolute atomic E-state index is 11.9. The SMILES string of the molecule is O=P([O-])([O-])Oc1cc(C2(OCCOC3(c4ccc(Cl)c(OP(=O)(O)O)c4)OOC34C3CC5CC(C3)CC4C5)OOC23C2CC4CC(C2)CC3C4)ccc1Cl.[Na+].[Na+].[Na+].[Na+]. The average Bonchev–Trinajstić information content (AvgIpc) is 3.06. The molecule has 2 N–H and O–H groups in total. The first-order chi connectivity index (χ1) is 25.6. The summed E-state index contributed by atoms with van der Waals surface area (Å²) in [5, 5.41) is -0.0692. The number of phosphoric acid groups is 2. The van der Waals surface area contributed by atoms with Crippen molar-refractivity contribution in [3.63, 3.8) is 0 Å². The topological polar surface area (TPSA) is 195 Å². The molecule has 12 rings (SSSR count). The Morgan fingerprint density at radius 1 is 0.586 bits per heavy atom. The second-order valence-electron chi connectivity index (χ2n) is 16.9. The van der Waals surface area contributed by atoms with Gasteiger partial charge in [0.1, 0.15) is 13.6 Å². The Bertz CT molecular complexity index is 1780. The van der Waals surface area contributed by atoms with Crippen LogP contribution in [0.1, 0.15) is 75.3 Å². The van der Waals surface area contributed by atoms with Crippen LogP contribution in [-0.4, -0.2) is 34.2 Å². The van der Waals surface area contributed by atoms with Gasteiger partial charge in [0.25, 0.3) is 11.6 Å². The minimum Gasteiger partial charge on any atom is -0.780 e. The molecule has 0 aromatic heterocycles. The van der Waals surface area contributed by atoms with Gasteiger partial charge in [-0.15, -0.1) is 0 Å². The fourth-order valence-electron chi connectivity index (χ4n) is 12.7. The molecule has 2 heterocycles. The Balaban J connectivity index is 0.00000142. The van der Waals surface area contributed by atoms with Crippen molar-refractivity contribution in [2.45, 2.75) is 87.0 Å². The molecule has 2 spiro atoms. The smallest absolute Gasteiger partial charge is 0.780 e. The van der Waals surface area contributed by atoms with E-state index in [1.807, 2.05) is 0 Å². The number of hydrogen-bond donors (Lipinski definition) is 2. The maximum atomic E-state index is 11.9. The van der Waals surface area contributed by atoms with Crippen molar-refractivity contribution in [3.8, 4) is 11.5 Å². The summed E-state index contributed by atoms with van der Waals surface area (Å²) in [5.41, 5.74) is -0.951. The molecule has 14 nitrogen and oxygen atoms in total. The third-order valence-corrected chi connectivity index (χ3v) is 15.5. The van der Waals surface area contributed by atoms with E-state index in [4.69, 9.17) is 61.3 Å². The Morgan fingerprint density at radius 3 is 1.22 bits per heavy atom. The van der Waals surface area contributed by atoms with Gasteiger partial charge in [0.15, 0.2) is 17.0 Å². The van der Waals surface area contributed by atoms with Crippen LogP contribution in [0, 0.1) is 47.3 Å². The van der Waals surface area contributed by atoms with Gasteiger partial charge in [0.2, 0.25) is 0 Å². The van der Waals surface area contributed by atoms with Crippen molar-refractivity contribution in [1.29, 1.82) is 0 Å². The van der Waals surface area contributed by atoms with Gasteiger partial charge in [-0.05, 0) is 136 Å². The van der Waals surface area contributed by atoms with Crippen LogP contribution in [0.15, 0.2) is 36.4 Å². The summed E-state index contributed by atoms with van der Waals surface area (Å²) < 4.78 is 47.0. The molecule has 2 unspecified atom stereocenters. The van der Waals surface area contributed by atoms with Crippen molar-refractivity contribution in [2.24, 2.45) is 47.3 Å². The van der Waals surface area contributed by atoms with Gasteiger partial charge in [0, 0.05) is 11.1 Å². The molecule has 10 aliphatic rings. The van der Waals surface area contributed by atoms with Gasteiger partial charge in [-0.2, -0.15) is 9.78 Å². The number of halogens is 2. The average molecular weight is 922 g/mol.